The zero-order chi connectivity index (χ0) is 17.1. The number of hydrogen-bond donors (Lipinski definition) is 1. The molecule has 0 aromatic heterocycles. The highest BCUT2D eigenvalue weighted by molar-refractivity contribution is 5.81. The van der Waals surface area contributed by atoms with Gasteiger partial charge in [0.15, 0.2) is 0 Å². The lowest BCUT2D eigenvalue weighted by molar-refractivity contribution is -0.124. The number of amides is 1. The fourth-order valence-corrected chi connectivity index (χ4v) is 2.95. The Labute approximate surface area is 141 Å². The molecule has 0 aromatic carbocycles. The van der Waals surface area contributed by atoms with Crippen molar-refractivity contribution < 1.29 is 20.5 Å². The van der Waals surface area contributed by atoms with Crippen LogP contribution in [0.5, 0.6) is 0 Å². The lowest BCUT2D eigenvalue weighted by atomic mass is 9.81. The van der Waals surface area contributed by atoms with Gasteiger partial charge in [0.05, 0.1) is 18.8 Å². The molecule has 2 fully saturated rings. The van der Waals surface area contributed by atoms with Crippen LogP contribution in [0.1, 0.15) is 73.1 Å². The third-order valence-electron chi connectivity index (χ3n) is 4.63. The van der Waals surface area contributed by atoms with Gasteiger partial charge < -0.3 is 15.2 Å². The van der Waals surface area contributed by atoms with E-state index >= 15 is 0 Å². The zero-order valence-electron chi connectivity index (χ0n) is 14.7. The molecule has 5 heteroatoms. The fraction of sp³-hybridized carbons (Fsp3) is 0.889. The van der Waals surface area contributed by atoms with Crippen LogP contribution in [0, 0.1) is 5.92 Å². The average molecular weight is 329 g/mol. The highest BCUT2D eigenvalue weighted by Crippen LogP contribution is 2.27. The predicted octanol–water partition coefficient (Wildman–Crippen LogP) is 3.24. The van der Waals surface area contributed by atoms with Crippen molar-refractivity contribution in [2.24, 2.45) is 11.7 Å². The van der Waals surface area contributed by atoms with E-state index in [4.69, 9.17) is 15.2 Å². The molecule has 0 atom stereocenters. The molecule has 2 rings (SSSR count). The number of Topliss-reactive ketones (excluding diaryl/α,β-unsaturated/α-hetero) is 1. The SMILES string of the molecule is CCC(=O)C1CCC1.CCOC1CCC(OCCC(N)=O)CC1.[HH]. The monoisotopic (exact) mass is 329 g/mol. The topological polar surface area (TPSA) is 78.6 Å². The molecule has 2 N–H and O–H groups in total. The third kappa shape index (κ3) is 8.47. The highest BCUT2D eigenvalue weighted by Gasteiger charge is 2.23. The Morgan fingerprint density at radius 1 is 1.00 bits per heavy atom. The van der Waals surface area contributed by atoms with E-state index in [1.807, 2.05) is 13.8 Å². The minimum Gasteiger partial charge on any atom is -0.379 e. The van der Waals surface area contributed by atoms with Crippen LogP contribution in [-0.4, -0.2) is 37.1 Å². The van der Waals surface area contributed by atoms with Gasteiger partial charge in [0, 0.05) is 26.8 Å². The van der Waals surface area contributed by atoms with Gasteiger partial charge in [0.2, 0.25) is 5.91 Å². The van der Waals surface area contributed by atoms with Crippen LogP contribution in [0.4, 0.5) is 0 Å². The van der Waals surface area contributed by atoms with E-state index < -0.39 is 0 Å². The van der Waals surface area contributed by atoms with Gasteiger partial charge in [-0.2, -0.15) is 0 Å². The van der Waals surface area contributed by atoms with E-state index in [-0.39, 0.29) is 7.33 Å². The first-order valence-electron chi connectivity index (χ1n) is 9.11. The average Bonchev–Trinajstić information content (AvgIpc) is 2.48. The third-order valence-corrected chi connectivity index (χ3v) is 4.63. The predicted molar refractivity (Wildman–Crippen MR) is 92.2 cm³/mol. The largest absolute Gasteiger partial charge is 0.379 e. The summed E-state index contributed by atoms with van der Waals surface area (Å²) in [5.74, 6) is 0.634. The van der Waals surface area contributed by atoms with Gasteiger partial charge in [-0.25, -0.2) is 0 Å². The molecule has 0 heterocycles. The zero-order valence-corrected chi connectivity index (χ0v) is 14.7. The van der Waals surface area contributed by atoms with Gasteiger partial charge >= 0.3 is 0 Å². The number of nitrogens with two attached hydrogens (primary N) is 1. The van der Waals surface area contributed by atoms with Crippen LogP contribution in [0.2, 0.25) is 0 Å². The number of rotatable bonds is 8. The van der Waals surface area contributed by atoms with Crippen molar-refractivity contribution in [2.75, 3.05) is 13.2 Å². The van der Waals surface area contributed by atoms with Gasteiger partial charge in [0.25, 0.3) is 0 Å². The fourth-order valence-electron chi connectivity index (χ4n) is 2.95. The van der Waals surface area contributed by atoms with Crippen LogP contribution in [0.25, 0.3) is 0 Å². The van der Waals surface area contributed by atoms with Gasteiger partial charge in [-0.05, 0) is 45.4 Å². The Hall–Kier alpha value is -0.940. The summed E-state index contributed by atoms with van der Waals surface area (Å²) in [6.45, 7) is 5.22. The summed E-state index contributed by atoms with van der Waals surface area (Å²) in [5, 5.41) is 0. The van der Waals surface area contributed by atoms with Crippen LogP contribution in [0.15, 0.2) is 0 Å². The molecular formula is C18H35NO4. The smallest absolute Gasteiger partial charge is 0.219 e. The molecule has 2 aliphatic rings. The lowest BCUT2D eigenvalue weighted by Gasteiger charge is -2.28. The molecule has 0 aliphatic heterocycles. The molecule has 5 nitrogen and oxygen atoms in total. The van der Waals surface area contributed by atoms with Gasteiger partial charge in [0.1, 0.15) is 5.78 Å². The molecular weight excluding hydrogens is 294 g/mol. The summed E-state index contributed by atoms with van der Waals surface area (Å²) in [7, 11) is 0. The maximum atomic E-state index is 10.8. The Morgan fingerprint density at radius 3 is 1.91 bits per heavy atom. The van der Waals surface area contributed by atoms with Gasteiger partial charge in [-0.15, -0.1) is 0 Å². The summed E-state index contributed by atoms with van der Waals surface area (Å²) in [6, 6.07) is 0. The second kappa shape index (κ2) is 11.6. The summed E-state index contributed by atoms with van der Waals surface area (Å²) >= 11 is 0. The summed E-state index contributed by atoms with van der Waals surface area (Å²) in [5.41, 5.74) is 5.03. The van der Waals surface area contributed by atoms with E-state index in [1.54, 1.807) is 0 Å². The van der Waals surface area contributed by atoms with Gasteiger partial charge in [-0.3, -0.25) is 9.59 Å². The maximum Gasteiger partial charge on any atom is 0.219 e. The normalized spacial score (nSPS) is 24.3. The molecule has 0 unspecified atom stereocenters. The summed E-state index contributed by atoms with van der Waals surface area (Å²) in [6.07, 6.45) is 9.55. The number of hydrogen-bond acceptors (Lipinski definition) is 4. The van der Waals surface area contributed by atoms with Crippen molar-refractivity contribution in [3.8, 4) is 0 Å². The van der Waals surface area contributed by atoms with Crippen molar-refractivity contribution in [1.29, 1.82) is 0 Å². The van der Waals surface area contributed by atoms with Crippen molar-refractivity contribution in [1.82, 2.24) is 0 Å². The molecule has 0 aromatic rings. The van der Waals surface area contributed by atoms with Crippen molar-refractivity contribution >= 4 is 11.7 Å². The standard InChI is InChI=1S/C11H21NO3.C7H12O.H2/c1-2-14-9-3-5-10(6-4-9)15-8-7-11(12)13;1-2-7(8)6-4-3-5-6;/h9-10H,2-8H2,1H3,(H2,12,13);6H,2-5H2,1H3;1H. The van der Waals surface area contributed by atoms with E-state index in [1.165, 1.54) is 6.42 Å². The number of primary amides is 1. The van der Waals surface area contributed by atoms with E-state index in [9.17, 15) is 9.59 Å². The maximum absolute atomic E-state index is 10.8. The van der Waals surface area contributed by atoms with E-state index in [2.05, 4.69) is 0 Å². The Balaban J connectivity index is 0.000000498. The molecule has 0 radical (unpaired) electrons. The molecule has 0 saturated heterocycles. The molecule has 2 saturated carbocycles. The molecule has 23 heavy (non-hydrogen) atoms. The van der Waals surface area contributed by atoms with Crippen LogP contribution >= 0.6 is 0 Å². The Bertz CT molecular complexity index is 353. The van der Waals surface area contributed by atoms with Crippen molar-refractivity contribution in [3.05, 3.63) is 0 Å². The molecule has 2 aliphatic carbocycles. The highest BCUT2D eigenvalue weighted by atomic mass is 16.5. The van der Waals surface area contributed by atoms with Crippen molar-refractivity contribution in [3.63, 3.8) is 0 Å². The van der Waals surface area contributed by atoms with E-state index in [0.717, 1.165) is 51.6 Å². The van der Waals surface area contributed by atoms with Gasteiger partial charge in [-0.1, -0.05) is 13.3 Å². The number of ether oxygens (including phenoxy) is 2. The molecule has 0 bridgehead atoms. The first-order chi connectivity index (χ1) is 11.1. The summed E-state index contributed by atoms with van der Waals surface area (Å²) in [4.78, 5) is 21.3. The first-order valence-corrected chi connectivity index (χ1v) is 9.11. The van der Waals surface area contributed by atoms with Crippen LogP contribution in [0.3, 0.4) is 0 Å². The minimum atomic E-state index is -0.294. The minimum absolute atomic E-state index is 0. The summed E-state index contributed by atoms with van der Waals surface area (Å²) < 4.78 is 11.1. The van der Waals surface area contributed by atoms with Crippen molar-refractivity contribution in [2.45, 2.75) is 83.8 Å². The van der Waals surface area contributed by atoms with Crippen LogP contribution < -0.4 is 5.73 Å². The van der Waals surface area contributed by atoms with Crippen LogP contribution in [-0.2, 0) is 19.1 Å². The number of carbonyl (C=O) groups excluding carboxylic acids is 2. The Kier molecular flexibility index (Phi) is 10.1. The molecule has 1 amide bonds. The molecule has 136 valence electrons. The second-order valence-corrected chi connectivity index (χ2v) is 6.39. The quantitative estimate of drug-likeness (QED) is 0.741. The first kappa shape index (κ1) is 20.1. The molecule has 0 spiro atoms. The Morgan fingerprint density at radius 2 is 1.57 bits per heavy atom. The lowest BCUT2D eigenvalue weighted by Crippen LogP contribution is -2.27. The number of carbonyl (C=O) groups is 2. The number of ketones is 1. The second-order valence-electron chi connectivity index (χ2n) is 6.39. The van der Waals surface area contributed by atoms with E-state index in [0.29, 0.717) is 36.9 Å².